The van der Waals surface area contributed by atoms with Gasteiger partial charge >= 0.3 is 5.97 Å². The smallest absolute Gasteiger partial charge is 0.371 e. The number of hydrogen-bond acceptors (Lipinski definition) is 5. The van der Waals surface area contributed by atoms with Gasteiger partial charge in [0.1, 0.15) is 5.76 Å². The van der Waals surface area contributed by atoms with E-state index >= 15 is 0 Å². The molecule has 2 N–H and O–H groups in total. The van der Waals surface area contributed by atoms with Crippen molar-refractivity contribution in [2.45, 2.75) is 31.4 Å². The second kappa shape index (κ2) is 5.95. The molecule has 1 unspecified atom stereocenters. The van der Waals surface area contributed by atoms with Crippen LogP contribution in [-0.2, 0) is 4.74 Å². The van der Waals surface area contributed by atoms with Gasteiger partial charge in [0, 0.05) is 32.6 Å². The van der Waals surface area contributed by atoms with Crippen molar-refractivity contribution in [2.75, 3.05) is 26.8 Å². The SMILES string of the molecule is CC(c1ccc(C(=O)O)o1)N(C)CC1(O)CCOCC1. The monoisotopic (exact) mass is 283 g/mol. The molecule has 2 rings (SSSR count). The lowest BCUT2D eigenvalue weighted by molar-refractivity contribution is -0.0816. The summed E-state index contributed by atoms with van der Waals surface area (Å²) in [5, 5.41) is 19.3. The van der Waals surface area contributed by atoms with Crippen molar-refractivity contribution in [3.63, 3.8) is 0 Å². The average molecular weight is 283 g/mol. The van der Waals surface area contributed by atoms with Crippen molar-refractivity contribution in [1.82, 2.24) is 4.90 Å². The molecule has 0 bridgehead atoms. The molecule has 0 spiro atoms. The first-order valence-corrected chi connectivity index (χ1v) is 6.75. The third kappa shape index (κ3) is 3.39. The Labute approximate surface area is 117 Å². The summed E-state index contributed by atoms with van der Waals surface area (Å²) < 4.78 is 10.6. The van der Waals surface area contributed by atoms with Crippen molar-refractivity contribution < 1.29 is 24.2 Å². The molecule has 0 aliphatic carbocycles. The lowest BCUT2D eigenvalue weighted by atomic mass is 9.93. The minimum atomic E-state index is -1.07. The normalized spacial score (nSPS) is 20.0. The number of hydrogen-bond donors (Lipinski definition) is 2. The third-order valence-electron chi connectivity index (χ3n) is 3.88. The second-order valence-corrected chi connectivity index (χ2v) is 5.43. The van der Waals surface area contributed by atoms with Gasteiger partial charge in [0.05, 0.1) is 11.6 Å². The van der Waals surface area contributed by atoms with Crippen molar-refractivity contribution in [2.24, 2.45) is 0 Å². The van der Waals surface area contributed by atoms with Crippen LogP contribution >= 0.6 is 0 Å². The first-order valence-electron chi connectivity index (χ1n) is 6.75. The molecule has 1 saturated heterocycles. The zero-order valence-electron chi connectivity index (χ0n) is 11.8. The molecule has 1 fully saturated rings. The van der Waals surface area contributed by atoms with E-state index in [2.05, 4.69) is 0 Å². The molecule has 6 nitrogen and oxygen atoms in total. The first kappa shape index (κ1) is 15.0. The highest BCUT2D eigenvalue weighted by molar-refractivity contribution is 5.84. The van der Waals surface area contributed by atoms with Crippen LogP contribution in [-0.4, -0.2) is 53.5 Å². The van der Waals surface area contributed by atoms with Gasteiger partial charge in [0.25, 0.3) is 0 Å². The van der Waals surface area contributed by atoms with Gasteiger partial charge < -0.3 is 19.4 Å². The van der Waals surface area contributed by atoms with Crippen LogP contribution in [0.15, 0.2) is 16.5 Å². The molecule has 0 saturated carbocycles. The third-order valence-corrected chi connectivity index (χ3v) is 3.88. The van der Waals surface area contributed by atoms with E-state index in [1.165, 1.54) is 6.07 Å². The van der Waals surface area contributed by atoms with E-state index in [0.717, 1.165) is 0 Å². The molecule has 0 amide bonds. The Kier molecular flexibility index (Phi) is 4.47. The van der Waals surface area contributed by atoms with E-state index < -0.39 is 11.6 Å². The fourth-order valence-electron chi connectivity index (χ4n) is 2.42. The topological polar surface area (TPSA) is 83.1 Å². The minimum absolute atomic E-state index is 0.0648. The summed E-state index contributed by atoms with van der Waals surface area (Å²) in [5.41, 5.74) is -0.747. The lowest BCUT2D eigenvalue weighted by Gasteiger charge is -2.37. The molecule has 0 aromatic carbocycles. The Morgan fingerprint density at radius 3 is 2.65 bits per heavy atom. The Balaban J connectivity index is 2.00. The first-order chi connectivity index (χ1) is 9.41. The number of furan rings is 1. The molecule has 1 atom stereocenters. The summed E-state index contributed by atoms with van der Waals surface area (Å²) in [6.07, 6.45) is 1.23. The molecule has 112 valence electrons. The molecule has 1 aliphatic rings. The van der Waals surface area contributed by atoms with Crippen molar-refractivity contribution in [3.05, 3.63) is 23.7 Å². The highest BCUT2D eigenvalue weighted by Gasteiger charge is 2.32. The van der Waals surface area contributed by atoms with Crippen molar-refractivity contribution >= 4 is 5.97 Å². The van der Waals surface area contributed by atoms with Crippen LogP contribution in [0.4, 0.5) is 0 Å². The van der Waals surface area contributed by atoms with Crippen LogP contribution < -0.4 is 0 Å². The van der Waals surface area contributed by atoms with Crippen LogP contribution in [0, 0.1) is 0 Å². The van der Waals surface area contributed by atoms with E-state index in [0.29, 0.717) is 38.4 Å². The molecule has 20 heavy (non-hydrogen) atoms. The predicted molar refractivity (Wildman–Crippen MR) is 71.7 cm³/mol. The van der Waals surface area contributed by atoms with Crippen molar-refractivity contribution in [3.8, 4) is 0 Å². The average Bonchev–Trinajstić information content (AvgIpc) is 2.87. The van der Waals surface area contributed by atoms with Gasteiger partial charge in [-0.05, 0) is 26.1 Å². The van der Waals surface area contributed by atoms with Gasteiger partial charge in [-0.2, -0.15) is 0 Å². The quantitative estimate of drug-likeness (QED) is 0.852. The van der Waals surface area contributed by atoms with E-state index in [-0.39, 0.29) is 11.8 Å². The van der Waals surface area contributed by atoms with Gasteiger partial charge in [0.15, 0.2) is 0 Å². The summed E-state index contributed by atoms with van der Waals surface area (Å²) in [5.74, 6) is -0.556. The zero-order valence-corrected chi connectivity index (χ0v) is 11.8. The van der Waals surface area contributed by atoms with Crippen molar-refractivity contribution in [1.29, 1.82) is 0 Å². The molecule has 1 aliphatic heterocycles. The number of carboxylic acid groups (broad SMARTS) is 1. The van der Waals surface area contributed by atoms with E-state index in [1.807, 2.05) is 18.9 Å². The van der Waals surface area contributed by atoms with Gasteiger partial charge in [-0.1, -0.05) is 0 Å². The van der Waals surface area contributed by atoms with Crippen LogP contribution in [0.3, 0.4) is 0 Å². The fourth-order valence-corrected chi connectivity index (χ4v) is 2.42. The number of carboxylic acids is 1. The number of ether oxygens (including phenoxy) is 1. The van der Waals surface area contributed by atoms with E-state index in [1.54, 1.807) is 6.07 Å². The Hall–Kier alpha value is -1.37. The Morgan fingerprint density at radius 1 is 1.45 bits per heavy atom. The molecule has 0 radical (unpaired) electrons. The number of carbonyl (C=O) groups is 1. The Morgan fingerprint density at radius 2 is 2.10 bits per heavy atom. The summed E-state index contributed by atoms with van der Waals surface area (Å²) in [4.78, 5) is 12.8. The largest absolute Gasteiger partial charge is 0.475 e. The summed E-state index contributed by atoms with van der Waals surface area (Å²) in [6.45, 7) is 3.57. The second-order valence-electron chi connectivity index (χ2n) is 5.43. The fraction of sp³-hybridized carbons (Fsp3) is 0.643. The zero-order chi connectivity index (χ0) is 14.8. The summed E-state index contributed by atoms with van der Waals surface area (Å²) in [6, 6.07) is 3.01. The number of likely N-dealkylation sites (N-methyl/N-ethyl adjacent to an activating group) is 1. The van der Waals surface area contributed by atoms with Crippen LogP contribution in [0.5, 0.6) is 0 Å². The number of aliphatic hydroxyl groups is 1. The highest BCUT2D eigenvalue weighted by atomic mass is 16.5. The number of nitrogens with zero attached hydrogens (tertiary/aromatic N) is 1. The highest BCUT2D eigenvalue weighted by Crippen LogP contribution is 2.27. The Bertz CT molecular complexity index is 464. The number of aromatic carboxylic acids is 1. The molecular weight excluding hydrogens is 262 g/mol. The molecular formula is C14H21NO5. The van der Waals surface area contributed by atoms with E-state index in [4.69, 9.17) is 14.3 Å². The van der Waals surface area contributed by atoms with Crippen LogP contribution in [0.1, 0.15) is 42.1 Å². The lowest BCUT2D eigenvalue weighted by Crippen LogP contribution is -2.46. The molecule has 2 heterocycles. The summed E-state index contributed by atoms with van der Waals surface area (Å²) in [7, 11) is 1.89. The molecule has 6 heteroatoms. The molecule has 1 aromatic heterocycles. The number of rotatable bonds is 5. The van der Waals surface area contributed by atoms with E-state index in [9.17, 15) is 9.90 Å². The van der Waals surface area contributed by atoms with Gasteiger partial charge in [0.2, 0.25) is 5.76 Å². The van der Waals surface area contributed by atoms with Crippen LogP contribution in [0.25, 0.3) is 0 Å². The van der Waals surface area contributed by atoms with Crippen LogP contribution in [0.2, 0.25) is 0 Å². The van der Waals surface area contributed by atoms with Gasteiger partial charge in [-0.25, -0.2) is 4.79 Å². The maximum Gasteiger partial charge on any atom is 0.371 e. The maximum atomic E-state index is 10.8. The minimum Gasteiger partial charge on any atom is -0.475 e. The summed E-state index contributed by atoms with van der Waals surface area (Å²) >= 11 is 0. The van der Waals surface area contributed by atoms with Gasteiger partial charge in [-0.3, -0.25) is 4.90 Å². The molecule has 1 aromatic rings. The van der Waals surface area contributed by atoms with Gasteiger partial charge in [-0.15, -0.1) is 0 Å². The maximum absolute atomic E-state index is 10.8. The standard InChI is InChI=1S/C14H21NO5/c1-10(11-3-4-12(20-11)13(16)17)15(2)9-14(18)5-7-19-8-6-14/h3-4,10,18H,5-9H2,1-2H3,(H,16,17). The predicted octanol–water partition coefficient (Wildman–Crippen LogP) is 1.51.